The van der Waals surface area contributed by atoms with Crippen LogP contribution in [0.15, 0.2) is 12.8 Å². The summed E-state index contributed by atoms with van der Waals surface area (Å²) in [6, 6.07) is 0.0601. The van der Waals surface area contributed by atoms with Crippen LogP contribution in [0.2, 0.25) is 0 Å². The van der Waals surface area contributed by atoms with Gasteiger partial charge in [0, 0.05) is 12.6 Å². The zero-order valence-corrected chi connectivity index (χ0v) is 5.55. The van der Waals surface area contributed by atoms with Crippen LogP contribution in [-0.4, -0.2) is 19.2 Å². The van der Waals surface area contributed by atoms with Gasteiger partial charge in [-0.1, -0.05) is 6.58 Å². The first-order valence-electron chi connectivity index (χ1n) is 2.99. The summed E-state index contributed by atoms with van der Waals surface area (Å²) in [5.41, 5.74) is 10.7. The largest absolute Gasteiger partial charge is 0.502 e. The van der Waals surface area contributed by atoms with Crippen LogP contribution < -0.4 is 11.5 Å². The molecule has 0 saturated carbocycles. The molecule has 0 spiro atoms. The van der Waals surface area contributed by atoms with Gasteiger partial charge in [0.25, 0.3) is 0 Å². The van der Waals surface area contributed by atoms with Crippen molar-refractivity contribution in [2.45, 2.75) is 12.5 Å². The van der Waals surface area contributed by atoms with E-state index in [-0.39, 0.29) is 6.04 Å². The Balaban J connectivity index is 2.96. The molecular formula is C6H14N2O. The van der Waals surface area contributed by atoms with Crippen molar-refractivity contribution >= 4 is 0 Å². The SMILES string of the molecule is C=COCCC(N)CN. The van der Waals surface area contributed by atoms with Crippen LogP contribution >= 0.6 is 0 Å². The highest BCUT2D eigenvalue weighted by Crippen LogP contribution is 1.86. The van der Waals surface area contributed by atoms with E-state index in [0.717, 1.165) is 6.42 Å². The second-order valence-corrected chi connectivity index (χ2v) is 1.82. The summed E-state index contributed by atoms with van der Waals surface area (Å²) in [7, 11) is 0. The van der Waals surface area contributed by atoms with E-state index in [1.54, 1.807) is 0 Å². The Morgan fingerprint density at radius 2 is 2.33 bits per heavy atom. The third-order valence-electron chi connectivity index (χ3n) is 1.03. The summed E-state index contributed by atoms with van der Waals surface area (Å²) in [6.07, 6.45) is 2.20. The molecule has 0 saturated heterocycles. The third kappa shape index (κ3) is 5.33. The number of hydrogen-bond acceptors (Lipinski definition) is 3. The molecule has 0 aliphatic rings. The minimum atomic E-state index is 0.0601. The standard InChI is InChI=1S/C6H14N2O/c1-2-9-4-3-6(8)5-7/h2,6H,1,3-5,7-8H2. The number of hydrogen-bond donors (Lipinski definition) is 2. The lowest BCUT2D eigenvalue weighted by molar-refractivity contribution is 0.237. The minimum Gasteiger partial charge on any atom is -0.502 e. The Labute approximate surface area is 55.7 Å². The topological polar surface area (TPSA) is 61.3 Å². The Morgan fingerprint density at radius 3 is 2.78 bits per heavy atom. The Bertz CT molecular complexity index is 75.5. The number of ether oxygens (including phenoxy) is 1. The van der Waals surface area contributed by atoms with E-state index < -0.39 is 0 Å². The van der Waals surface area contributed by atoms with Crippen LogP contribution in [0.4, 0.5) is 0 Å². The molecule has 0 aromatic rings. The van der Waals surface area contributed by atoms with Gasteiger partial charge in [0.2, 0.25) is 0 Å². The minimum absolute atomic E-state index is 0.0601. The fourth-order valence-electron chi connectivity index (χ4n) is 0.421. The summed E-state index contributed by atoms with van der Waals surface area (Å²) < 4.78 is 4.83. The molecule has 0 amide bonds. The molecule has 0 aliphatic carbocycles. The van der Waals surface area contributed by atoms with Gasteiger partial charge in [-0.15, -0.1) is 0 Å². The predicted octanol–water partition coefficient (Wildman–Crippen LogP) is -0.177. The van der Waals surface area contributed by atoms with E-state index in [0.29, 0.717) is 13.2 Å². The maximum absolute atomic E-state index is 5.47. The van der Waals surface area contributed by atoms with Gasteiger partial charge in [0.05, 0.1) is 12.9 Å². The van der Waals surface area contributed by atoms with E-state index in [1.165, 1.54) is 6.26 Å². The zero-order chi connectivity index (χ0) is 7.11. The normalized spacial score (nSPS) is 12.7. The molecule has 0 aromatic heterocycles. The highest BCUT2D eigenvalue weighted by Gasteiger charge is 1.96. The summed E-state index contributed by atoms with van der Waals surface area (Å²) in [6.45, 7) is 4.52. The van der Waals surface area contributed by atoms with Crippen LogP contribution in [0.25, 0.3) is 0 Å². The molecule has 0 radical (unpaired) electrons. The molecule has 4 N–H and O–H groups in total. The molecular weight excluding hydrogens is 116 g/mol. The first-order chi connectivity index (χ1) is 4.31. The lowest BCUT2D eigenvalue weighted by Gasteiger charge is -2.06. The van der Waals surface area contributed by atoms with Crippen molar-refractivity contribution < 1.29 is 4.74 Å². The van der Waals surface area contributed by atoms with E-state index in [4.69, 9.17) is 16.2 Å². The summed E-state index contributed by atoms with van der Waals surface area (Å²) in [5, 5.41) is 0. The molecule has 9 heavy (non-hydrogen) atoms. The van der Waals surface area contributed by atoms with E-state index in [9.17, 15) is 0 Å². The van der Waals surface area contributed by atoms with Crippen molar-refractivity contribution in [3.8, 4) is 0 Å². The van der Waals surface area contributed by atoms with Crippen molar-refractivity contribution in [1.82, 2.24) is 0 Å². The van der Waals surface area contributed by atoms with Crippen molar-refractivity contribution in [3.63, 3.8) is 0 Å². The highest BCUT2D eigenvalue weighted by atomic mass is 16.5. The molecule has 3 heteroatoms. The van der Waals surface area contributed by atoms with Gasteiger partial charge in [-0.25, -0.2) is 0 Å². The third-order valence-corrected chi connectivity index (χ3v) is 1.03. The monoisotopic (exact) mass is 130 g/mol. The van der Waals surface area contributed by atoms with E-state index in [2.05, 4.69) is 6.58 Å². The van der Waals surface area contributed by atoms with Gasteiger partial charge in [-0.3, -0.25) is 0 Å². The number of rotatable bonds is 5. The van der Waals surface area contributed by atoms with E-state index >= 15 is 0 Å². The first-order valence-corrected chi connectivity index (χ1v) is 2.99. The van der Waals surface area contributed by atoms with Gasteiger partial charge in [-0.2, -0.15) is 0 Å². The van der Waals surface area contributed by atoms with Gasteiger partial charge in [0.15, 0.2) is 0 Å². The predicted molar refractivity (Wildman–Crippen MR) is 37.8 cm³/mol. The van der Waals surface area contributed by atoms with Gasteiger partial charge in [0.1, 0.15) is 0 Å². The Kier molecular flexibility index (Phi) is 5.26. The Hall–Kier alpha value is -0.540. The average molecular weight is 130 g/mol. The maximum Gasteiger partial charge on any atom is 0.0888 e. The molecule has 1 atom stereocenters. The quantitative estimate of drug-likeness (QED) is 0.401. The smallest absolute Gasteiger partial charge is 0.0888 e. The van der Waals surface area contributed by atoms with Crippen molar-refractivity contribution in [3.05, 3.63) is 12.8 Å². The van der Waals surface area contributed by atoms with Gasteiger partial charge in [-0.05, 0) is 6.42 Å². The van der Waals surface area contributed by atoms with Gasteiger partial charge >= 0.3 is 0 Å². The van der Waals surface area contributed by atoms with E-state index in [1.807, 2.05) is 0 Å². The molecule has 54 valence electrons. The molecule has 3 nitrogen and oxygen atoms in total. The van der Waals surface area contributed by atoms with Crippen LogP contribution in [0.1, 0.15) is 6.42 Å². The van der Waals surface area contributed by atoms with Crippen LogP contribution in [-0.2, 0) is 4.74 Å². The highest BCUT2D eigenvalue weighted by molar-refractivity contribution is 4.61. The second-order valence-electron chi connectivity index (χ2n) is 1.82. The van der Waals surface area contributed by atoms with Crippen LogP contribution in [0.5, 0.6) is 0 Å². The van der Waals surface area contributed by atoms with Crippen molar-refractivity contribution in [2.75, 3.05) is 13.2 Å². The maximum atomic E-state index is 5.47. The summed E-state index contributed by atoms with van der Waals surface area (Å²) in [5.74, 6) is 0. The molecule has 0 aliphatic heterocycles. The van der Waals surface area contributed by atoms with Gasteiger partial charge < -0.3 is 16.2 Å². The molecule has 1 unspecified atom stereocenters. The lowest BCUT2D eigenvalue weighted by Crippen LogP contribution is -2.30. The summed E-state index contributed by atoms with van der Waals surface area (Å²) in [4.78, 5) is 0. The van der Waals surface area contributed by atoms with Crippen molar-refractivity contribution in [1.29, 1.82) is 0 Å². The molecule has 0 heterocycles. The molecule has 0 fully saturated rings. The molecule has 0 aromatic carbocycles. The fourth-order valence-corrected chi connectivity index (χ4v) is 0.421. The van der Waals surface area contributed by atoms with Crippen LogP contribution in [0, 0.1) is 0 Å². The fraction of sp³-hybridized carbons (Fsp3) is 0.667. The summed E-state index contributed by atoms with van der Waals surface area (Å²) >= 11 is 0. The number of nitrogens with two attached hydrogens (primary N) is 2. The second kappa shape index (κ2) is 5.59. The lowest BCUT2D eigenvalue weighted by atomic mass is 10.2. The Morgan fingerprint density at radius 1 is 1.67 bits per heavy atom. The average Bonchev–Trinajstić information content (AvgIpc) is 1.89. The first kappa shape index (κ1) is 8.46. The zero-order valence-electron chi connectivity index (χ0n) is 5.55. The van der Waals surface area contributed by atoms with Crippen molar-refractivity contribution in [2.24, 2.45) is 11.5 Å². The van der Waals surface area contributed by atoms with Crippen LogP contribution in [0.3, 0.4) is 0 Å². The molecule has 0 rings (SSSR count). The molecule has 0 bridgehead atoms.